The number of rotatable bonds is 2. The summed E-state index contributed by atoms with van der Waals surface area (Å²) in [4.78, 5) is 18.5. The molecule has 2 rings (SSSR count). The minimum atomic E-state index is -0.639. The molecule has 0 atom stereocenters. The van der Waals surface area contributed by atoms with Crippen molar-refractivity contribution < 1.29 is 13.6 Å². The highest BCUT2D eigenvalue weighted by atomic mass is 16.4. The molecule has 14 heavy (non-hydrogen) atoms. The van der Waals surface area contributed by atoms with Gasteiger partial charge in [0.2, 0.25) is 5.89 Å². The number of carbonyl (C=O) groups is 1. The third kappa shape index (κ3) is 1.37. The van der Waals surface area contributed by atoms with Crippen LogP contribution in [0.5, 0.6) is 0 Å². The van der Waals surface area contributed by atoms with Gasteiger partial charge < -0.3 is 14.6 Å². The molecule has 0 radical (unpaired) electrons. The summed E-state index contributed by atoms with van der Waals surface area (Å²) in [7, 11) is 0. The highest BCUT2D eigenvalue weighted by Crippen LogP contribution is 2.17. The Morgan fingerprint density at radius 1 is 1.36 bits per heavy atom. The molecule has 0 saturated carbocycles. The van der Waals surface area contributed by atoms with Crippen molar-refractivity contribution in [2.75, 3.05) is 0 Å². The maximum atomic E-state index is 10.7. The van der Waals surface area contributed by atoms with Gasteiger partial charge in [0.05, 0.1) is 0 Å². The molecule has 6 heteroatoms. The zero-order chi connectivity index (χ0) is 10.1. The largest absolute Gasteiger partial charge is 0.448 e. The van der Waals surface area contributed by atoms with Crippen molar-refractivity contribution in [3.8, 4) is 11.6 Å². The van der Waals surface area contributed by atoms with Crippen LogP contribution in [0, 0.1) is 6.92 Å². The van der Waals surface area contributed by atoms with Crippen LogP contribution in [-0.4, -0.2) is 15.9 Å². The van der Waals surface area contributed by atoms with Crippen LogP contribution in [0.4, 0.5) is 0 Å². The Labute approximate surface area is 78.7 Å². The van der Waals surface area contributed by atoms with E-state index < -0.39 is 5.91 Å². The summed E-state index contributed by atoms with van der Waals surface area (Å²) in [6.07, 6.45) is 2.58. The third-order valence-corrected chi connectivity index (χ3v) is 1.59. The van der Waals surface area contributed by atoms with Crippen LogP contribution < -0.4 is 5.73 Å². The van der Waals surface area contributed by atoms with Gasteiger partial charge in [-0.25, -0.2) is 9.97 Å². The average molecular weight is 193 g/mol. The van der Waals surface area contributed by atoms with Gasteiger partial charge in [0.25, 0.3) is 5.91 Å². The number of oxazole rings is 2. The summed E-state index contributed by atoms with van der Waals surface area (Å²) >= 11 is 0. The van der Waals surface area contributed by atoms with E-state index in [0.29, 0.717) is 11.6 Å². The van der Waals surface area contributed by atoms with Crippen molar-refractivity contribution in [1.29, 1.82) is 0 Å². The lowest BCUT2D eigenvalue weighted by molar-refractivity contribution is 0.0995. The van der Waals surface area contributed by atoms with Gasteiger partial charge in [-0.05, 0) is 0 Å². The fraction of sp³-hybridized carbons (Fsp3) is 0.125. The van der Waals surface area contributed by atoms with Crippen molar-refractivity contribution in [2.24, 2.45) is 5.73 Å². The molecule has 2 heterocycles. The normalized spacial score (nSPS) is 10.4. The van der Waals surface area contributed by atoms with E-state index in [2.05, 4.69) is 9.97 Å². The van der Waals surface area contributed by atoms with Crippen molar-refractivity contribution >= 4 is 5.91 Å². The Kier molecular flexibility index (Phi) is 1.81. The Hall–Kier alpha value is -2.11. The van der Waals surface area contributed by atoms with Gasteiger partial charge in [-0.2, -0.15) is 0 Å². The van der Waals surface area contributed by atoms with Crippen LogP contribution >= 0.6 is 0 Å². The molecule has 0 fully saturated rings. The first kappa shape index (κ1) is 8.49. The zero-order valence-corrected chi connectivity index (χ0v) is 7.35. The van der Waals surface area contributed by atoms with Gasteiger partial charge in [-0.1, -0.05) is 0 Å². The molecule has 0 bridgehead atoms. The predicted molar refractivity (Wildman–Crippen MR) is 45.3 cm³/mol. The maximum absolute atomic E-state index is 10.7. The molecule has 0 saturated heterocycles. The summed E-state index contributed by atoms with van der Waals surface area (Å²) in [5, 5.41) is 0. The standard InChI is InChI=1S/C8H7N3O3/c1-4-10-6(3-13-4)8-11-5(2-14-8)7(9)12/h2-3H,1H3,(H2,9,12). The Morgan fingerprint density at radius 2 is 2.14 bits per heavy atom. The first-order valence-electron chi connectivity index (χ1n) is 3.84. The minimum absolute atomic E-state index is 0.0700. The smallest absolute Gasteiger partial charge is 0.270 e. The molecule has 72 valence electrons. The quantitative estimate of drug-likeness (QED) is 0.758. The average Bonchev–Trinajstić information content (AvgIpc) is 2.70. The highest BCUT2D eigenvalue weighted by molar-refractivity contribution is 5.90. The maximum Gasteiger partial charge on any atom is 0.270 e. The second kappa shape index (κ2) is 2.99. The molecule has 2 aromatic heterocycles. The summed E-state index contributed by atoms with van der Waals surface area (Å²) < 4.78 is 9.95. The number of aromatic nitrogens is 2. The van der Waals surface area contributed by atoms with E-state index in [4.69, 9.17) is 14.6 Å². The number of amides is 1. The molecular formula is C8H7N3O3. The van der Waals surface area contributed by atoms with Gasteiger partial charge in [0.15, 0.2) is 17.3 Å². The van der Waals surface area contributed by atoms with E-state index in [1.54, 1.807) is 6.92 Å². The summed E-state index contributed by atoms with van der Waals surface area (Å²) in [5.74, 6) is 0.0784. The second-order valence-electron chi connectivity index (χ2n) is 2.65. The molecular weight excluding hydrogens is 186 g/mol. The molecule has 2 aromatic rings. The highest BCUT2D eigenvalue weighted by Gasteiger charge is 2.12. The Balaban J connectivity index is 2.38. The fourth-order valence-corrected chi connectivity index (χ4v) is 0.966. The molecule has 2 N–H and O–H groups in total. The summed E-state index contributed by atoms with van der Waals surface area (Å²) in [5.41, 5.74) is 5.51. The lowest BCUT2D eigenvalue weighted by atomic mass is 10.4. The fourth-order valence-electron chi connectivity index (χ4n) is 0.966. The Bertz CT molecular complexity index is 472. The second-order valence-corrected chi connectivity index (χ2v) is 2.65. The number of nitrogens with two attached hydrogens (primary N) is 1. The van der Waals surface area contributed by atoms with E-state index in [-0.39, 0.29) is 11.6 Å². The predicted octanol–water partition coefficient (Wildman–Crippen LogP) is 0.737. The van der Waals surface area contributed by atoms with Crippen LogP contribution in [0.15, 0.2) is 21.4 Å². The lowest BCUT2D eigenvalue weighted by Gasteiger charge is -1.83. The number of nitrogens with zero attached hydrogens (tertiary/aromatic N) is 2. The molecule has 0 aliphatic heterocycles. The summed E-state index contributed by atoms with van der Waals surface area (Å²) in [6.45, 7) is 1.70. The molecule has 0 spiro atoms. The van der Waals surface area contributed by atoms with Gasteiger partial charge in [-0.3, -0.25) is 4.79 Å². The van der Waals surface area contributed by atoms with Gasteiger partial charge in [0, 0.05) is 6.92 Å². The topological polar surface area (TPSA) is 95.2 Å². The number of hydrogen-bond donors (Lipinski definition) is 1. The number of carbonyl (C=O) groups excluding carboxylic acids is 1. The summed E-state index contributed by atoms with van der Waals surface area (Å²) in [6, 6.07) is 0. The number of hydrogen-bond acceptors (Lipinski definition) is 5. The molecule has 6 nitrogen and oxygen atoms in total. The molecule has 0 aliphatic carbocycles. The molecule has 1 amide bonds. The first-order chi connectivity index (χ1) is 6.66. The van der Waals surface area contributed by atoms with Crippen LogP contribution in [0.1, 0.15) is 16.4 Å². The van der Waals surface area contributed by atoms with Crippen molar-refractivity contribution in [1.82, 2.24) is 9.97 Å². The lowest BCUT2D eigenvalue weighted by Crippen LogP contribution is -2.10. The van der Waals surface area contributed by atoms with E-state index in [0.717, 1.165) is 0 Å². The first-order valence-corrected chi connectivity index (χ1v) is 3.84. The van der Waals surface area contributed by atoms with Gasteiger partial charge in [-0.15, -0.1) is 0 Å². The zero-order valence-electron chi connectivity index (χ0n) is 7.35. The van der Waals surface area contributed by atoms with Gasteiger partial charge >= 0.3 is 0 Å². The third-order valence-electron chi connectivity index (χ3n) is 1.59. The Morgan fingerprint density at radius 3 is 2.64 bits per heavy atom. The molecule has 0 aliphatic rings. The van der Waals surface area contributed by atoms with E-state index in [1.165, 1.54) is 12.5 Å². The van der Waals surface area contributed by atoms with E-state index in [1.807, 2.05) is 0 Å². The van der Waals surface area contributed by atoms with Crippen molar-refractivity contribution in [2.45, 2.75) is 6.92 Å². The van der Waals surface area contributed by atoms with Crippen LogP contribution in [0.3, 0.4) is 0 Å². The molecule has 0 unspecified atom stereocenters. The van der Waals surface area contributed by atoms with E-state index in [9.17, 15) is 4.79 Å². The monoisotopic (exact) mass is 193 g/mol. The van der Waals surface area contributed by atoms with Crippen LogP contribution in [0.2, 0.25) is 0 Å². The van der Waals surface area contributed by atoms with E-state index >= 15 is 0 Å². The van der Waals surface area contributed by atoms with Crippen LogP contribution in [-0.2, 0) is 0 Å². The SMILES string of the molecule is Cc1nc(-c2nc(C(N)=O)co2)co1. The van der Waals surface area contributed by atoms with Crippen molar-refractivity contribution in [3.63, 3.8) is 0 Å². The van der Waals surface area contributed by atoms with Gasteiger partial charge in [0.1, 0.15) is 12.5 Å². The van der Waals surface area contributed by atoms with Crippen molar-refractivity contribution in [3.05, 3.63) is 24.1 Å². The minimum Gasteiger partial charge on any atom is -0.448 e. The number of primary amides is 1. The van der Waals surface area contributed by atoms with Crippen LogP contribution in [0.25, 0.3) is 11.6 Å². The number of aryl methyl sites for hydroxylation is 1. The molecule has 0 aromatic carbocycles.